The molecular weight excluding hydrogens is 655 g/mol. The number of hydrogen-bond acceptors (Lipinski definition) is 2. The second-order valence-electron chi connectivity index (χ2n) is 17.9. The molecule has 0 aliphatic heterocycles. The zero-order chi connectivity index (χ0) is 38.3. The lowest BCUT2D eigenvalue weighted by molar-refractivity contribution is 0.438. The molecule has 3 nitrogen and oxygen atoms in total. The lowest BCUT2D eigenvalue weighted by Gasteiger charge is -2.28. The molecule has 2 N–H and O–H groups in total. The molecular formula is C48H91O3P. The van der Waals surface area contributed by atoms with E-state index in [4.69, 9.17) is 0 Å². The van der Waals surface area contributed by atoms with Crippen LogP contribution in [0, 0.1) is 6.92 Å². The van der Waals surface area contributed by atoms with Gasteiger partial charge in [0.25, 0.3) is 0 Å². The highest BCUT2D eigenvalue weighted by molar-refractivity contribution is 7.58. The van der Waals surface area contributed by atoms with E-state index in [0.29, 0.717) is 11.9 Å². The van der Waals surface area contributed by atoms with Crippen molar-refractivity contribution in [2.75, 3.05) is 6.16 Å². The number of unbranched alkanes of at least 4 members (excludes halogenated alkanes) is 30. The van der Waals surface area contributed by atoms with Gasteiger partial charge in [-0.25, -0.2) is 0 Å². The van der Waals surface area contributed by atoms with Crippen molar-refractivity contribution in [2.24, 2.45) is 0 Å². The quantitative estimate of drug-likeness (QED) is 0.0531. The number of aromatic hydroxyl groups is 1. The van der Waals surface area contributed by atoms with Crippen molar-refractivity contribution in [2.45, 2.75) is 265 Å². The number of aryl methyl sites for hydroxylation is 1. The molecule has 0 heterocycles. The van der Waals surface area contributed by atoms with Crippen LogP contribution in [0.15, 0.2) is 12.1 Å². The van der Waals surface area contributed by atoms with Crippen molar-refractivity contribution in [3.8, 4) is 5.75 Å². The van der Waals surface area contributed by atoms with Crippen LogP contribution in [-0.4, -0.2) is 16.2 Å². The average molecular weight is 747 g/mol. The summed E-state index contributed by atoms with van der Waals surface area (Å²) in [7, 11) is -3.39. The van der Waals surface area contributed by atoms with Gasteiger partial charge in [0.15, 0.2) is 0 Å². The third-order valence-electron chi connectivity index (χ3n) is 11.7. The number of hydrogen-bond donors (Lipinski definition) is 2. The standard InChI is InChI=1S/C48H91O3P/c1-7-9-11-13-15-17-19-21-23-25-27-29-31-33-35-37-39-46(44-41-43(3)47(49)45(42-44)48(4,5)6)52(50,51)40-38-36-34-32-30-28-26-24-22-20-18-16-14-12-10-8-2/h41-42,46,49H,7-40H2,1-6H3,(H,50,51). The molecule has 0 aromatic heterocycles. The minimum Gasteiger partial charge on any atom is -0.507 e. The van der Waals surface area contributed by atoms with Crippen molar-refractivity contribution < 1.29 is 14.6 Å². The van der Waals surface area contributed by atoms with Crippen LogP contribution in [0.2, 0.25) is 0 Å². The third kappa shape index (κ3) is 24.6. The van der Waals surface area contributed by atoms with Crippen molar-refractivity contribution in [3.05, 3.63) is 28.8 Å². The smallest absolute Gasteiger partial charge is 0.207 e. The Morgan fingerprint density at radius 2 is 0.827 bits per heavy atom. The zero-order valence-electron chi connectivity index (χ0n) is 36.0. The Kier molecular flexibility index (Phi) is 29.7. The number of phenols is 1. The molecule has 1 aromatic rings. The van der Waals surface area contributed by atoms with E-state index in [1.54, 1.807) is 0 Å². The molecule has 0 fully saturated rings. The molecule has 2 atom stereocenters. The Bertz CT molecular complexity index is 1010. The summed E-state index contributed by atoms with van der Waals surface area (Å²) in [5.74, 6) is 0.336. The lowest BCUT2D eigenvalue weighted by atomic mass is 9.83. The van der Waals surface area contributed by atoms with Crippen LogP contribution in [0.1, 0.15) is 269 Å². The molecule has 0 saturated heterocycles. The highest BCUT2D eigenvalue weighted by Gasteiger charge is 2.33. The molecule has 0 aliphatic rings. The van der Waals surface area contributed by atoms with Gasteiger partial charge in [-0.3, -0.25) is 4.57 Å². The van der Waals surface area contributed by atoms with Crippen LogP contribution < -0.4 is 0 Å². The SMILES string of the molecule is CCCCCCCCCCCCCCCCCCC(c1cc(C)c(O)c(C(C)(C)C)c1)P(=O)(O)CCCCCCCCCCCCCCCCCC. The summed E-state index contributed by atoms with van der Waals surface area (Å²) in [6.45, 7) is 12.9. The fourth-order valence-electron chi connectivity index (χ4n) is 8.10. The van der Waals surface area contributed by atoms with Gasteiger partial charge >= 0.3 is 0 Å². The van der Waals surface area contributed by atoms with E-state index in [1.807, 2.05) is 13.0 Å². The predicted octanol–water partition coefficient (Wildman–Crippen LogP) is 17.2. The molecule has 0 spiro atoms. The van der Waals surface area contributed by atoms with Gasteiger partial charge in [0.05, 0.1) is 5.66 Å². The fraction of sp³-hybridized carbons (Fsp3) is 0.875. The van der Waals surface area contributed by atoms with Crippen LogP contribution in [0.3, 0.4) is 0 Å². The van der Waals surface area contributed by atoms with E-state index < -0.39 is 7.37 Å². The van der Waals surface area contributed by atoms with E-state index >= 15 is 0 Å². The maximum atomic E-state index is 14.1. The molecule has 1 rings (SSSR count). The van der Waals surface area contributed by atoms with Crippen molar-refractivity contribution >= 4 is 7.37 Å². The second kappa shape index (κ2) is 31.4. The number of benzene rings is 1. The minimum atomic E-state index is -3.39. The summed E-state index contributed by atoms with van der Waals surface area (Å²) in [5.41, 5.74) is 2.11. The first-order valence-corrected chi connectivity index (χ1v) is 25.1. The number of rotatable bonds is 36. The normalized spacial score (nSPS) is 13.8. The Hall–Kier alpha value is -0.790. The fourth-order valence-corrected chi connectivity index (χ4v) is 10.3. The van der Waals surface area contributed by atoms with Crippen molar-refractivity contribution in [1.82, 2.24) is 0 Å². The van der Waals surface area contributed by atoms with E-state index in [-0.39, 0.29) is 11.1 Å². The van der Waals surface area contributed by atoms with Gasteiger partial charge in [-0.15, -0.1) is 0 Å². The highest BCUT2D eigenvalue weighted by Crippen LogP contribution is 2.59. The van der Waals surface area contributed by atoms with Crippen LogP contribution in [0.25, 0.3) is 0 Å². The van der Waals surface area contributed by atoms with Gasteiger partial charge in [0.2, 0.25) is 7.37 Å². The van der Waals surface area contributed by atoms with Crippen LogP contribution in [-0.2, 0) is 9.98 Å². The summed E-state index contributed by atoms with van der Waals surface area (Å²) >= 11 is 0. The first-order chi connectivity index (χ1) is 25.0. The Morgan fingerprint density at radius 3 is 1.15 bits per heavy atom. The lowest BCUT2D eigenvalue weighted by Crippen LogP contribution is -2.14. The molecule has 0 amide bonds. The second-order valence-corrected chi connectivity index (χ2v) is 20.5. The number of phenolic OH excluding ortho intramolecular Hbond substituents is 1. The van der Waals surface area contributed by atoms with E-state index in [0.717, 1.165) is 48.8 Å². The van der Waals surface area contributed by atoms with Gasteiger partial charge in [0, 0.05) is 6.16 Å². The maximum Gasteiger partial charge on any atom is 0.207 e. The largest absolute Gasteiger partial charge is 0.507 e. The Labute approximate surface area is 326 Å². The van der Waals surface area contributed by atoms with Crippen molar-refractivity contribution in [3.63, 3.8) is 0 Å². The van der Waals surface area contributed by atoms with Gasteiger partial charge in [-0.2, -0.15) is 0 Å². The molecule has 0 bridgehead atoms. The first kappa shape index (κ1) is 49.2. The average Bonchev–Trinajstić information content (AvgIpc) is 3.10. The van der Waals surface area contributed by atoms with Gasteiger partial charge in [0.1, 0.15) is 5.75 Å². The molecule has 0 radical (unpaired) electrons. The van der Waals surface area contributed by atoms with Crippen LogP contribution in [0.5, 0.6) is 5.75 Å². The molecule has 306 valence electrons. The van der Waals surface area contributed by atoms with E-state index in [1.165, 1.54) is 180 Å². The summed E-state index contributed by atoms with van der Waals surface area (Å²) < 4.78 is 14.1. The third-order valence-corrected chi connectivity index (χ3v) is 14.2. The molecule has 52 heavy (non-hydrogen) atoms. The minimum absolute atomic E-state index is 0.225. The summed E-state index contributed by atoms with van der Waals surface area (Å²) in [6.07, 6.45) is 43.5. The molecule has 0 saturated carbocycles. The van der Waals surface area contributed by atoms with Crippen molar-refractivity contribution in [1.29, 1.82) is 0 Å². The monoisotopic (exact) mass is 747 g/mol. The Balaban J connectivity index is 2.43. The first-order valence-electron chi connectivity index (χ1n) is 23.2. The maximum absolute atomic E-state index is 14.1. The summed E-state index contributed by atoms with van der Waals surface area (Å²) in [5, 5.41) is 10.9. The predicted molar refractivity (Wildman–Crippen MR) is 233 cm³/mol. The molecule has 1 aromatic carbocycles. The summed E-state index contributed by atoms with van der Waals surface area (Å²) in [6, 6.07) is 4.05. The van der Waals surface area contributed by atoms with Crippen LogP contribution >= 0.6 is 7.37 Å². The van der Waals surface area contributed by atoms with E-state index in [2.05, 4.69) is 40.7 Å². The Morgan fingerprint density at radius 1 is 0.519 bits per heavy atom. The zero-order valence-corrected chi connectivity index (χ0v) is 36.9. The van der Waals surface area contributed by atoms with Gasteiger partial charge in [-0.1, -0.05) is 246 Å². The highest BCUT2D eigenvalue weighted by atomic mass is 31.2. The van der Waals surface area contributed by atoms with Gasteiger partial charge in [-0.05, 0) is 41.9 Å². The molecule has 2 unspecified atom stereocenters. The summed E-state index contributed by atoms with van der Waals surface area (Å²) in [4.78, 5) is 11.6. The van der Waals surface area contributed by atoms with Crippen LogP contribution in [0.4, 0.5) is 0 Å². The molecule has 0 aliphatic carbocycles. The van der Waals surface area contributed by atoms with Gasteiger partial charge < -0.3 is 10.00 Å². The molecule has 4 heteroatoms. The topological polar surface area (TPSA) is 57.5 Å². The van der Waals surface area contributed by atoms with E-state index in [9.17, 15) is 14.6 Å².